The number of fused-ring (bicyclic) bond motifs is 2. The fraction of sp³-hybridized carbons (Fsp3) is 0.431. The van der Waals surface area contributed by atoms with Gasteiger partial charge in [-0.05, 0) is 60.4 Å². The Bertz CT molecular complexity index is 2650. The summed E-state index contributed by atoms with van der Waals surface area (Å²) in [6, 6.07) is 16.4. The highest BCUT2D eigenvalue weighted by Gasteiger charge is 2.45. The maximum Gasteiger partial charge on any atom is 0.246 e. The molecule has 1 aliphatic carbocycles. The molecule has 1 unspecified atom stereocenters. The molecule has 0 bridgehead atoms. The number of carbonyl (C=O) groups excluding carboxylic acids is 8. The number of nitrogens with one attached hydrogen (secondary N) is 8. The number of aryl methyl sites for hydroxylation is 1. The zero-order valence-electron chi connectivity index (χ0n) is 41.0. The van der Waals surface area contributed by atoms with Gasteiger partial charge in [-0.1, -0.05) is 114 Å². The van der Waals surface area contributed by atoms with E-state index < -0.39 is 89.0 Å². The van der Waals surface area contributed by atoms with Crippen LogP contribution < -0.4 is 54.4 Å². The number of para-hydroxylation sites is 1. The number of rotatable bonds is 15. The van der Waals surface area contributed by atoms with Crippen LogP contribution in [0.3, 0.4) is 0 Å². The Morgan fingerprint density at radius 1 is 0.767 bits per heavy atom. The maximum atomic E-state index is 15.2. The first-order valence-electron chi connectivity index (χ1n) is 24.4. The number of carbonyl (C=O) groups is 8. The summed E-state index contributed by atoms with van der Waals surface area (Å²) in [6.45, 7) is 3.33. The normalized spacial score (nSPS) is 22.8. The molecule has 14 N–H and O–H groups in total. The zero-order chi connectivity index (χ0) is 52.5. The van der Waals surface area contributed by atoms with Gasteiger partial charge in [0.25, 0.3) is 0 Å². The third-order valence-corrected chi connectivity index (χ3v) is 15.3. The van der Waals surface area contributed by atoms with Crippen molar-refractivity contribution in [3.05, 3.63) is 107 Å². The first kappa shape index (κ1) is 55.2. The molecule has 4 aromatic rings. The van der Waals surface area contributed by atoms with Gasteiger partial charge in [-0.3, -0.25) is 43.3 Å². The van der Waals surface area contributed by atoms with Gasteiger partial charge in [0.2, 0.25) is 47.3 Å². The number of unbranched alkanes of at least 4 members (excludes halogenated alkanes) is 1. The number of aromatic amines is 1. The van der Waals surface area contributed by atoms with E-state index in [9.17, 15) is 33.6 Å². The molecule has 22 heteroatoms. The predicted octanol–water partition coefficient (Wildman–Crippen LogP) is 1.05. The van der Waals surface area contributed by atoms with Crippen LogP contribution in [0, 0.1) is 0 Å². The number of hydrogen-bond acceptors (Lipinski definition) is 11. The van der Waals surface area contributed by atoms with Crippen LogP contribution in [0.25, 0.3) is 10.9 Å². The van der Waals surface area contributed by atoms with E-state index >= 15 is 4.79 Å². The van der Waals surface area contributed by atoms with E-state index in [0.717, 1.165) is 50.0 Å². The molecule has 7 atom stereocenters. The van der Waals surface area contributed by atoms with Crippen molar-refractivity contribution in [1.82, 2.24) is 42.2 Å². The average molecular weight is 1040 g/mol. The number of hydrogen-bond donors (Lipinski definition) is 11. The molecule has 6 rings (SSSR count). The highest BCUT2D eigenvalue weighted by atomic mass is 33.1. The topological polar surface area (TPSA) is 327 Å². The Kier molecular flexibility index (Phi) is 20.1. The highest BCUT2D eigenvalue weighted by Crippen LogP contribution is 2.31. The van der Waals surface area contributed by atoms with Crippen LogP contribution >= 0.6 is 21.6 Å². The van der Waals surface area contributed by atoms with Crippen LogP contribution in [-0.2, 0) is 64.0 Å². The molecule has 8 amide bonds. The van der Waals surface area contributed by atoms with Crippen molar-refractivity contribution in [3.8, 4) is 0 Å². The van der Waals surface area contributed by atoms with Crippen molar-refractivity contribution in [1.29, 1.82) is 0 Å². The van der Waals surface area contributed by atoms with Crippen LogP contribution in [0.2, 0.25) is 0 Å². The maximum absolute atomic E-state index is 15.2. The molecule has 1 saturated heterocycles. The van der Waals surface area contributed by atoms with Gasteiger partial charge in [0.15, 0.2) is 5.96 Å². The lowest BCUT2D eigenvalue weighted by Gasteiger charge is -2.39. The van der Waals surface area contributed by atoms with Crippen molar-refractivity contribution in [3.63, 3.8) is 0 Å². The molecule has 73 heavy (non-hydrogen) atoms. The van der Waals surface area contributed by atoms with E-state index in [1.54, 1.807) is 36.5 Å². The second-order valence-corrected chi connectivity index (χ2v) is 20.9. The summed E-state index contributed by atoms with van der Waals surface area (Å²) in [6.07, 6.45) is 3.99. The van der Waals surface area contributed by atoms with Crippen LogP contribution in [0.15, 0.2) is 90.1 Å². The molecular weight excluding hydrogens is 973 g/mol. The molecule has 2 heterocycles. The summed E-state index contributed by atoms with van der Waals surface area (Å²) in [5, 5.41) is 20.6. The van der Waals surface area contributed by atoms with Gasteiger partial charge in [-0.25, -0.2) is 0 Å². The number of aliphatic imine (C=N–C) groups is 1. The minimum Gasteiger partial charge on any atom is -0.370 e. The van der Waals surface area contributed by atoms with Crippen LogP contribution in [0.4, 0.5) is 0 Å². The lowest BCUT2D eigenvalue weighted by molar-refractivity contribution is -0.138. The lowest BCUT2D eigenvalue weighted by Crippen LogP contribution is -2.67. The van der Waals surface area contributed by atoms with Crippen LogP contribution in [0.1, 0.15) is 74.6 Å². The molecule has 3 aromatic carbocycles. The Balaban J connectivity index is 1.42. The lowest BCUT2D eigenvalue weighted by atomic mass is 9.76. The number of primary amides is 1. The van der Waals surface area contributed by atoms with Crippen molar-refractivity contribution < 1.29 is 38.4 Å². The van der Waals surface area contributed by atoms with Gasteiger partial charge in [0.1, 0.15) is 41.8 Å². The van der Waals surface area contributed by atoms with Gasteiger partial charge in [-0.2, -0.15) is 0 Å². The molecule has 20 nitrogen and oxygen atoms in total. The molecule has 2 aliphatic rings. The zero-order valence-corrected chi connectivity index (χ0v) is 42.6. The predicted molar refractivity (Wildman–Crippen MR) is 282 cm³/mol. The SMILES string of the molecule is CCCC[C@H](NC(C)=O)C(=O)N[C@H]1CSSC[C@@H](C(N)=O)NC(=O)[C@H](Cc2c[nH]c3ccccc23)NC(=O)[C@H](CCCN=C(N)N)NC(=O)[C@@H](Cc2ccccc2)NC(=O)C2(CCc3ccccc3C2)NC1=O. The average Bonchev–Trinajstić information content (AvgIpc) is 3.78. The summed E-state index contributed by atoms with van der Waals surface area (Å²) in [4.78, 5) is 120. The Morgan fingerprint density at radius 2 is 1.42 bits per heavy atom. The quantitative estimate of drug-likeness (QED) is 0.0345. The standard InChI is InChI=1S/C51H66N12O8S2/c1-3-4-18-37(57-30(2)64)44(66)61-42-29-73-72-28-41(43(52)65)60-47(69)40(25-34-27-56-36-19-11-10-17-35(34)36)59-45(67)38(20-12-23-55-50(53)54)58-46(68)39(24-31-13-6-5-7-14-31)62-49(71)51(63-48(42)70)22-21-32-15-8-9-16-33(32)26-51/h5-11,13-17,19,27,37-42,56H,3-4,12,18,20-26,28-29H2,1-2H3,(H2,52,65)(H,57,64)(H,58,68)(H,59,67)(H,60,69)(H,61,66)(H,62,71)(H,63,70)(H4,53,54,55)/t37-,38-,39+,40-,41-,42-,51?/m0/s1. The third kappa shape index (κ3) is 15.7. The van der Waals surface area contributed by atoms with Crippen molar-refractivity contribution in [2.24, 2.45) is 22.2 Å². The van der Waals surface area contributed by atoms with E-state index in [0.29, 0.717) is 30.4 Å². The molecule has 1 aliphatic heterocycles. The van der Waals surface area contributed by atoms with Crippen molar-refractivity contribution in [2.75, 3.05) is 18.1 Å². The Hall–Kier alpha value is -7.07. The number of nitrogens with zero attached hydrogens (tertiary/aromatic N) is 1. The fourth-order valence-corrected chi connectivity index (χ4v) is 11.2. The number of benzene rings is 3. The van der Waals surface area contributed by atoms with E-state index in [1.807, 2.05) is 55.5 Å². The summed E-state index contributed by atoms with van der Waals surface area (Å²) in [7, 11) is 2.21. The smallest absolute Gasteiger partial charge is 0.246 e. The third-order valence-electron chi connectivity index (χ3n) is 12.8. The largest absolute Gasteiger partial charge is 0.370 e. The van der Waals surface area contributed by atoms with Gasteiger partial charge in [0.05, 0.1) is 0 Å². The summed E-state index contributed by atoms with van der Waals surface area (Å²) in [5.41, 5.74) is 19.3. The van der Waals surface area contributed by atoms with Crippen LogP contribution in [0.5, 0.6) is 0 Å². The summed E-state index contributed by atoms with van der Waals surface area (Å²) in [5.74, 6) is -5.93. The molecular formula is C51H66N12O8S2. The Labute approximate surface area is 431 Å². The molecule has 1 spiro atoms. The first-order valence-corrected chi connectivity index (χ1v) is 26.9. The summed E-state index contributed by atoms with van der Waals surface area (Å²) >= 11 is 0. The molecule has 1 fully saturated rings. The minimum atomic E-state index is -1.66. The monoisotopic (exact) mass is 1040 g/mol. The van der Waals surface area contributed by atoms with E-state index in [1.165, 1.54) is 6.92 Å². The molecule has 1 aromatic heterocycles. The fourth-order valence-electron chi connectivity index (χ4n) is 8.89. The minimum absolute atomic E-state index is 0.00925. The first-order chi connectivity index (χ1) is 35.0. The van der Waals surface area contributed by atoms with Gasteiger partial charge < -0.3 is 59.4 Å². The number of guanidine groups is 1. The second-order valence-electron chi connectivity index (χ2n) is 18.4. The van der Waals surface area contributed by atoms with Crippen molar-refractivity contribution >= 4 is 85.7 Å². The second kappa shape index (κ2) is 26.6. The number of amides is 8. The van der Waals surface area contributed by atoms with Crippen LogP contribution in [-0.4, -0.2) is 118 Å². The summed E-state index contributed by atoms with van der Waals surface area (Å²) < 4.78 is 0. The number of H-pyrrole nitrogens is 1. The van der Waals surface area contributed by atoms with E-state index in [4.69, 9.17) is 17.2 Å². The van der Waals surface area contributed by atoms with Gasteiger partial charge >= 0.3 is 0 Å². The van der Waals surface area contributed by atoms with Crippen molar-refractivity contribution in [2.45, 2.75) is 120 Å². The highest BCUT2D eigenvalue weighted by molar-refractivity contribution is 8.76. The van der Waals surface area contributed by atoms with Gasteiger partial charge in [0, 0.05) is 61.3 Å². The molecule has 390 valence electrons. The molecule has 0 saturated carbocycles. The van der Waals surface area contributed by atoms with E-state index in [-0.39, 0.29) is 62.5 Å². The number of nitrogens with two attached hydrogens (primary N) is 3. The number of aromatic nitrogens is 1. The van der Waals surface area contributed by atoms with Gasteiger partial charge in [-0.15, -0.1) is 0 Å². The Morgan fingerprint density at radius 3 is 2.15 bits per heavy atom. The van der Waals surface area contributed by atoms with E-state index in [2.05, 4.69) is 47.2 Å². The molecule has 0 radical (unpaired) electrons.